The van der Waals surface area contributed by atoms with E-state index in [0.29, 0.717) is 6.04 Å². The summed E-state index contributed by atoms with van der Waals surface area (Å²) in [4.78, 5) is 0. The molecule has 2 fully saturated rings. The second kappa shape index (κ2) is 3.86. The lowest BCUT2D eigenvalue weighted by molar-refractivity contribution is 0.0662. The summed E-state index contributed by atoms with van der Waals surface area (Å²) in [5.74, 6) is 0. The second-order valence-electron chi connectivity index (χ2n) is 5.21. The molecule has 0 bridgehead atoms. The predicted octanol–water partition coefficient (Wildman–Crippen LogP) is 1.27. The van der Waals surface area contributed by atoms with E-state index in [0.717, 1.165) is 45.3 Å². The maximum atomic E-state index is 6.11. The molecule has 88 valence electrons. The van der Waals surface area contributed by atoms with E-state index in [4.69, 9.17) is 10.5 Å². The third kappa shape index (κ3) is 2.13. The SMILES string of the molecule is NC1(Cc2cnn(C3CCOCC3)c2)CC1. The maximum absolute atomic E-state index is 6.11. The Bertz CT molecular complexity index is 364. The summed E-state index contributed by atoms with van der Waals surface area (Å²) >= 11 is 0. The lowest BCUT2D eigenvalue weighted by Gasteiger charge is -2.22. The zero-order valence-electron chi connectivity index (χ0n) is 9.56. The fourth-order valence-corrected chi connectivity index (χ4v) is 2.36. The summed E-state index contributed by atoms with van der Waals surface area (Å²) in [5, 5.41) is 4.46. The van der Waals surface area contributed by atoms with Crippen LogP contribution in [0, 0.1) is 0 Å². The van der Waals surface area contributed by atoms with Crippen molar-refractivity contribution in [3.8, 4) is 0 Å². The second-order valence-corrected chi connectivity index (χ2v) is 5.21. The molecular formula is C12H19N3O. The van der Waals surface area contributed by atoms with E-state index in [1.165, 1.54) is 5.56 Å². The summed E-state index contributed by atoms with van der Waals surface area (Å²) in [5.41, 5.74) is 7.48. The minimum Gasteiger partial charge on any atom is -0.381 e. The fraction of sp³-hybridized carbons (Fsp3) is 0.750. The van der Waals surface area contributed by atoms with Crippen LogP contribution in [0.25, 0.3) is 0 Å². The molecule has 1 saturated heterocycles. The normalized spacial score (nSPS) is 24.6. The van der Waals surface area contributed by atoms with Crippen molar-refractivity contribution in [1.82, 2.24) is 9.78 Å². The molecule has 16 heavy (non-hydrogen) atoms. The van der Waals surface area contributed by atoms with Gasteiger partial charge in [-0.15, -0.1) is 0 Å². The Morgan fingerprint density at radius 2 is 2.19 bits per heavy atom. The molecule has 0 atom stereocenters. The van der Waals surface area contributed by atoms with Crippen LogP contribution in [-0.2, 0) is 11.2 Å². The molecular weight excluding hydrogens is 202 g/mol. The van der Waals surface area contributed by atoms with E-state index in [2.05, 4.69) is 16.0 Å². The van der Waals surface area contributed by atoms with Crippen molar-refractivity contribution in [3.05, 3.63) is 18.0 Å². The quantitative estimate of drug-likeness (QED) is 0.836. The van der Waals surface area contributed by atoms with Crippen LogP contribution in [0.2, 0.25) is 0 Å². The number of ether oxygens (including phenoxy) is 1. The molecule has 0 aromatic carbocycles. The Morgan fingerprint density at radius 3 is 2.88 bits per heavy atom. The average Bonchev–Trinajstić information content (AvgIpc) is 2.86. The largest absolute Gasteiger partial charge is 0.381 e. The van der Waals surface area contributed by atoms with Crippen molar-refractivity contribution < 1.29 is 4.74 Å². The third-order valence-corrected chi connectivity index (χ3v) is 3.67. The first-order chi connectivity index (χ1) is 7.75. The summed E-state index contributed by atoms with van der Waals surface area (Å²) in [6.45, 7) is 1.72. The third-order valence-electron chi connectivity index (χ3n) is 3.67. The van der Waals surface area contributed by atoms with Crippen LogP contribution in [0.4, 0.5) is 0 Å². The Balaban J connectivity index is 1.66. The molecule has 1 aliphatic heterocycles. The Kier molecular flexibility index (Phi) is 2.48. The number of hydrogen-bond acceptors (Lipinski definition) is 3. The molecule has 2 N–H and O–H groups in total. The van der Waals surface area contributed by atoms with E-state index in [-0.39, 0.29) is 5.54 Å². The molecule has 0 radical (unpaired) electrons. The highest BCUT2D eigenvalue weighted by Crippen LogP contribution is 2.35. The number of nitrogens with zero attached hydrogens (tertiary/aromatic N) is 2. The van der Waals surface area contributed by atoms with Crippen LogP contribution in [0.5, 0.6) is 0 Å². The molecule has 1 aliphatic carbocycles. The van der Waals surface area contributed by atoms with Gasteiger partial charge in [0.25, 0.3) is 0 Å². The summed E-state index contributed by atoms with van der Waals surface area (Å²) in [6.07, 6.45) is 9.61. The van der Waals surface area contributed by atoms with Gasteiger partial charge in [0.2, 0.25) is 0 Å². The molecule has 4 heteroatoms. The molecule has 2 heterocycles. The molecule has 4 nitrogen and oxygen atoms in total. The van der Waals surface area contributed by atoms with Crippen LogP contribution in [0.3, 0.4) is 0 Å². The van der Waals surface area contributed by atoms with Gasteiger partial charge in [-0.25, -0.2) is 0 Å². The van der Waals surface area contributed by atoms with Gasteiger partial charge in [-0.1, -0.05) is 0 Å². The van der Waals surface area contributed by atoms with E-state index in [1.54, 1.807) is 0 Å². The summed E-state index contributed by atoms with van der Waals surface area (Å²) in [7, 11) is 0. The highest BCUT2D eigenvalue weighted by Gasteiger charge is 2.38. The Morgan fingerprint density at radius 1 is 1.44 bits per heavy atom. The van der Waals surface area contributed by atoms with Crippen molar-refractivity contribution in [1.29, 1.82) is 0 Å². The first-order valence-corrected chi connectivity index (χ1v) is 6.15. The molecule has 1 aromatic rings. The van der Waals surface area contributed by atoms with Crippen LogP contribution in [0.1, 0.15) is 37.3 Å². The highest BCUT2D eigenvalue weighted by atomic mass is 16.5. The highest BCUT2D eigenvalue weighted by molar-refractivity contribution is 5.15. The first kappa shape index (κ1) is 10.3. The first-order valence-electron chi connectivity index (χ1n) is 6.15. The molecule has 0 spiro atoms. The van der Waals surface area contributed by atoms with Gasteiger partial charge < -0.3 is 10.5 Å². The Hall–Kier alpha value is -0.870. The molecule has 1 aromatic heterocycles. The van der Waals surface area contributed by atoms with Crippen LogP contribution in [0.15, 0.2) is 12.4 Å². The van der Waals surface area contributed by atoms with Gasteiger partial charge in [-0.2, -0.15) is 5.10 Å². The van der Waals surface area contributed by atoms with E-state index in [9.17, 15) is 0 Å². The van der Waals surface area contributed by atoms with E-state index >= 15 is 0 Å². The summed E-state index contributed by atoms with van der Waals surface area (Å²) in [6, 6.07) is 0.524. The average molecular weight is 221 g/mol. The van der Waals surface area contributed by atoms with Crippen molar-refractivity contribution in [3.63, 3.8) is 0 Å². The van der Waals surface area contributed by atoms with Gasteiger partial charge >= 0.3 is 0 Å². The van der Waals surface area contributed by atoms with Crippen molar-refractivity contribution in [2.45, 2.75) is 43.7 Å². The lowest BCUT2D eigenvalue weighted by Crippen LogP contribution is -2.24. The number of rotatable bonds is 3. The number of hydrogen-bond donors (Lipinski definition) is 1. The van der Waals surface area contributed by atoms with E-state index in [1.807, 2.05) is 6.20 Å². The molecule has 0 amide bonds. The minimum atomic E-state index is 0.0868. The van der Waals surface area contributed by atoms with Crippen molar-refractivity contribution in [2.24, 2.45) is 5.73 Å². The minimum absolute atomic E-state index is 0.0868. The zero-order valence-corrected chi connectivity index (χ0v) is 9.56. The molecule has 0 unspecified atom stereocenters. The molecule has 2 aliphatic rings. The summed E-state index contributed by atoms with van der Waals surface area (Å²) < 4.78 is 7.46. The van der Waals surface area contributed by atoms with Crippen LogP contribution >= 0.6 is 0 Å². The molecule has 3 rings (SSSR count). The standard InChI is InChI=1S/C12H19N3O/c13-12(3-4-12)7-10-8-14-15(9-10)11-1-5-16-6-2-11/h8-9,11H,1-7,13H2. The van der Waals surface area contributed by atoms with Gasteiger partial charge in [0.1, 0.15) is 0 Å². The van der Waals surface area contributed by atoms with Gasteiger partial charge in [-0.3, -0.25) is 4.68 Å². The maximum Gasteiger partial charge on any atom is 0.0563 e. The van der Waals surface area contributed by atoms with Crippen LogP contribution in [-0.4, -0.2) is 28.5 Å². The van der Waals surface area contributed by atoms with Gasteiger partial charge in [-0.05, 0) is 37.7 Å². The van der Waals surface area contributed by atoms with Gasteiger partial charge in [0, 0.05) is 24.9 Å². The van der Waals surface area contributed by atoms with E-state index < -0.39 is 0 Å². The van der Waals surface area contributed by atoms with Crippen LogP contribution < -0.4 is 5.73 Å². The smallest absolute Gasteiger partial charge is 0.0563 e. The van der Waals surface area contributed by atoms with Crippen molar-refractivity contribution >= 4 is 0 Å². The predicted molar refractivity (Wildman–Crippen MR) is 61.2 cm³/mol. The monoisotopic (exact) mass is 221 g/mol. The number of nitrogens with two attached hydrogens (primary N) is 1. The number of aromatic nitrogens is 2. The van der Waals surface area contributed by atoms with Gasteiger partial charge in [0.15, 0.2) is 0 Å². The topological polar surface area (TPSA) is 53.1 Å². The Labute approximate surface area is 95.8 Å². The fourth-order valence-electron chi connectivity index (χ4n) is 2.36. The zero-order chi connectivity index (χ0) is 11.0. The lowest BCUT2D eigenvalue weighted by atomic mass is 10.1. The van der Waals surface area contributed by atoms with Crippen molar-refractivity contribution in [2.75, 3.05) is 13.2 Å². The van der Waals surface area contributed by atoms with Gasteiger partial charge in [0.05, 0.1) is 12.2 Å². The molecule has 1 saturated carbocycles.